The Bertz CT molecular complexity index is 1030. The van der Waals surface area contributed by atoms with Gasteiger partial charge in [-0.25, -0.2) is 4.39 Å². The molecule has 1 heterocycles. The number of carbonyl (C=O) groups is 1. The Balaban J connectivity index is 1.80. The Morgan fingerprint density at radius 3 is 2.44 bits per heavy atom. The van der Waals surface area contributed by atoms with E-state index in [4.69, 9.17) is 4.74 Å². The van der Waals surface area contributed by atoms with Crippen molar-refractivity contribution in [3.8, 4) is 5.75 Å². The lowest BCUT2D eigenvalue weighted by molar-refractivity contribution is -0.115. The minimum atomic E-state index is -0.509. The van der Waals surface area contributed by atoms with Crippen molar-refractivity contribution in [1.29, 1.82) is 0 Å². The number of hydrogen-bond acceptors (Lipinski definition) is 5. The second kappa shape index (κ2) is 11.1. The summed E-state index contributed by atoms with van der Waals surface area (Å²) in [6.07, 6.45) is 0.125. The number of para-hydroxylation sites is 2. The summed E-state index contributed by atoms with van der Waals surface area (Å²) in [4.78, 5) is 12.8. The molecule has 2 aromatic carbocycles. The van der Waals surface area contributed by atoms with Gasteiger partial charge in [0.15, 0.2) is 28.7 Å². The van der Waals surface area contributed by atoms with Gasteiger partial charge in [-0.3, -0.25) is 4.79 Å². The number of ether oxygens (including phenoxy) is 1. The highest BCUT2D eigenvalue weighted by atomic mass is 32.2. The topological polar surface area (TPSA) is 69.0 Å². The van der Waals surface area contributed by atoms with Crippen molar-refractivity contribution in [3.05, 3.63) is 66.2 Å². The van der Waals surface area contributed by atoms with E-state index in [1.165, 1.54) is 17.8 Å². The summed E-state index contributed by atoms with van der Waals surface area (Å²) < 4.78 is 21.9. The van der Waals surface area contributed by atoms with E-state index >= 15 is 0 Å². The molecule has 0 bridgehead atoms. The molecule has 170 valence electrons. The van der Waals surface area contributed by atoms with E-state index in [2.05, 4.69) is 29.4 Å². The van der Waals surface area contributed by atoms with Crippen molar-refractivity contribution >= 4 is 23.4 Å². The Labute approximate surface area is 192 Å². The fraction of sp³-hybridized carbons (Fsp3) is 0.375. The molecule has 3 aromatic rings. The van der Waals surface area contributed by atoms with Crippen LogP contribution in [0, 0.1) is 11.7 Å². The Kier molecular flexibility index (Phi) is 8.27. The zero-order chi connectivity index (χ0) is 23.1. The third-order valence-electron chi connectivity index (χ3n) is 4.75. The summed E-state index contributed by atoms with van der Waals surface area (Å²) in [6, 6.07) is 15.7. The van der Waals surface area contributed by atoms with Gasteiger partial charge in [-0.05, 0) is 43.5 Å². The van der Waals surface area contributed by atoms with E-state index in [1.807, 2.05) is 48.7 Å². The maximum absolute atomic E-state index is 14.1. The highest BCUT2D eigenvalue weighted by Gasteiger charge is 2.25. The first-order chi connectivity index (χ1) is 15.4. The smallest absolute Gasteiger partial charge is 0.237 e. The molecule has 2 unspecified atom stereocenters. The summed E-state index contributed by atoms with van der Waals surface area (Å²) in [5.41, 5.74) is 0.757. The molecule has 0 aliphatic heterocycles. The van der Waals surface area contributed by atoms with Crippen molar-refractivity contribution in [2.75, 3.05) is 5.32 Å². The van der Waals surface area contributed by atoms with Gasteiger partial charge in [-0.15, -0.1) is 10.2 Å². The molecule has 0 aliphatic rings. The molecule has 1 aromatic heterocycles. The molecule has 1 amide bonds. The van der Waals surface area contributed by atoms with Gasteiger partial charge in [0.05, 0.1) is 5.25 Å². The maximum atomic E-state index is 14.1. The fourth-order valence-electron chi connectivity index (χ4n) is 3.20. The summed E-state index contributed by atoms with van der Waals surface area (Å²) in [7, 11) is 0. The number of carbonyl (C=O) groups excluding carboxylic acids is 1. The van der Waals surface area contributed by atoms with E-state index in [9.17, 15) is 9.18 Å². The number of thioether (sulfide) groups is 1. The van der Waals surface area contributed by atoms with Crippen LogP contribution in [0.3, 0.4) is 0 Å². The van der Waals surface area contributed by atoms with Crippen molar-refractivity contribution in [2.24, 2.45) is 5.92 Å². The number of benzene rings is 2. The monoisotopic (exact) mass is 456 g/mol. The number of rotatable bonds is 10. The van der Waals surface area contributed by atoms with E-state index in [0.29, 0.717) is 29.9 Å². The van der Waals surface area contributed by atoms with E-state index in [0.717, 1.165) is 5.69 Å². The van der Waals surface area contributed by atoms with Crippen LogP contribution in [0.2, 0.25) is 0 Å². The predicted octanol–water partition coefficient (Wildman–Crippen LogP) is 5.72. The molecule has 8 heteroatoms. The van der Waals surface area contributed by atoms with Crippen LogP contribution in [0.15, 0.2) is 59.8 Å². The molecule has 32 heavy (non-hydrogen) atoms. The summed E-state index contributed by atoms with van der Waals surface area (Å²) in [5.74, 6) is 0.584. The number of halogens is 1. The SMILES string of the molecule is CCC(Sc1nnc(C(C)Oc2ccccc2F)n1CC(C)C)C(=O)Nc1ccccc1. The molecule has 1 N–H and O–H groups in total. The number of amides is 1. The van der Waals surface area contributed by atoms with Gasteiger partial charge in [0.1, 0.15) is 0 Å². The van der Waals surface area contributed by atoms with Gasteiger partial charge in [-0.1, -0.05) is 62.9 Å². The van der Waals surface area contributed by atoms with Crippen molar-refractivity contribution in [2.45, 2.75) is 57.2 Å². The van der Waals surface area contributed by atoms with Crippen LogP contribution < -0.4 is 10.1 Å². The number of nitrogens with zero attached hydrogens (tertiary/aromatic N) is 3. The summed E-state index contributed by atoms with van der Waals surface area (Å²) >= 11 is 1.38. The van der Waals surface area contributed by atoms with Gasteiger partial charge < -0.3 is 14.6 Å². The third-order valence-corrected chi connectivity index (χ3v) is 6.09. The normalized spacial score (nSPS) is 13.1. The average molecular weight is 457 g/mol. The maximum Gasteiger partial charge on any atom is 0.237 e. The number of hydrogen-bond donors (Lipinski definition) is 1. The average Bonchev–Trinajstić information content (AvgIpc) is 3.15. The molecular formula is C24H29FN4O2S. The second-order valence-electron chi connectivity index (χ2n) is 7.91. The summed E-state index contributed by atoms with van der Waals surface area (Å²) in [5, 5.41) is 12.0. The Morgan fingerprint density at radius 2 is 1.78 bits per heavy atom. The molecule has 0 radical (unpaired) electrons. The molecule has 0 saturated carbocycles. The van der Waals surface area contributed by atoms with Crippen molar-refractivity contribution in [1.82, 2.24) is 14.8 Å². The first-order valence-corrected chi connectivity index (χ1v) is 11.6. The van der Waals surface area contributed by atoms with Gasteiger partial charge in [-0.2, -0.15) is 0 Å². The Hall–Kier alpha value is -2.87. The quantitative estimate of drug-likeness (QED) is 0.395. The largest absolute Gasteiger partial charge is 0.480 e. The van der Waals surface area contributed by atoms with Crippen LogP contribution in [-0.2, 0) is 11.3 Å². The van der Waals surface area contributed by atoms with Crippen LogP contribution in [0.1, 0.15) is 46.0 Å². The van der Waals surface area contributed by atoms with Crippen molar-refractivity contribution in [3.63, 3.8) is 0 Å². The highest BCUT2D eigenvalue weighted by Crippen LogP contribution is 2.30. The molecule has 0 aliphatic carbocycles. The lowest BCUT2D eigenvalue weighted by Crippen LogP contribution is -2.25. The first kappa shape index (κ1) is 23.8. The van der Waals surface area contributed by atoms with Crippen LogP contribution >= 0.6 is 11.8 Å². The fourth-order valence-corrected chi connectivity index (χ4v) is 4.17. The van der Waals surface area contributed by atoms with Crippen LogP contribution in [0.25, 0.3) is 0 Å². The lowest BCUT2D eigenvalue weighted by atomic mass is 10.2. The number of aromatic nitrogens is 3. The molecule has 0 fully saturated rings. The van der Waals surface area contributed by atoms with E-state index < -0.39 is 11.9 Å². The summed E-state index contributed by atoms with van der Waals surface area (Å²) in [6.45, 7) is 8.64. The van der Waals surface area contributed by atoms with E-state index in [-0.39, 0.29) is 16.9 Å². The third kappa shape index (κ3) is 6.09. The van der Waals surface area contributed by atoms with Gasteiger partial charge in [0.2, 0.25) is 5.91 Å². The van der Waals surface area contributed by atoms with Gasteiger partial charge in [0.25, 0.3) is 0 Å². The second-order valence-corrected chi connectivity index (χ2v) is 9.08. The van der Waals surface area contributed by atoms with E-state index in [1.54, 1.807) is 18.2 Å². The van der Waals surface area contributed by atoms with Gasteiger partial charge in [0, 0.05) is 12.2 Å². The number of nitrogens with one attached hydrogen (secondary N) is 1. The first-order valence-electron chi connectivity index (χ1n) is 10.8. The molecule has 2 atom stereocenters. The molecule has 0 spiro atoms. The lowest BCUT2D eigenvalue weighted by Gasteiger charge is -2.19. The van der Waals surface area contributed by atoms with Crippen LogP contribution in [-0.4, -0.2) is 25.9 Å². The van der Waals surface area contributed by atoms with Crippen LogP contribution in [0.5, 0.6) is 5.75 Å². The van der Waals surface area contributed by atoms with Crippen molar-refractivity contribution < 1.29 is 13.9 Å². The minimum absolute atomic E-state index is 0.0833. The van der Waals surface area contributed by atoms with Crippen LogP contribution in [0.4, 0.5) is 10.1 Å². The standard InChI is InChI=1S/C24H29FN4O2S/c1-5-21(23(30)26-18-11-7-6-8-12-18)32-24-28-27-22(29(24)15-16(2)3)17(4)31-20-14-10-9-13-19(20)25/h6-14,16-17,21H,5,15H2,1-4H3,(H,26,30). The molecule has 6 nitrogen and oxygen atoms in total. The molecular weight excluding hydrogens is 427 g/mol. The number of anilines is 1. The zero-order valence-corrected chi connectivity index (χ0v) is 19.6. The van der Waals surface area contributed by atoms with Gasteiger partial charge >= 0.3 is 0 Å². The predicted molar refractivity (Wildman–Crippen MR) is 125 cm³/mol. The molecule has 3 rings (SSSR count). The molecule has 0 saturated heterocycles. The zero-order valence-electron chi connectivity index (χ0n) is 18.8. The Morgan fingerprint density at radius 1 is 1.09 bits per heavy atom. The minimum Gasteiger partial charge on any atom is -0.480 e. The highest BCUT2D eigenvalue weighted by molar-refractivity contribution is 8.00.